The first-order chi connectivity index (χ1) is 8.85. The molecule has 1 aromatic carbocycles. The average Bonchev–Trinajstić information content (AvgIpc) is 2.27. The third-order valence-electron chi connectivity index (χ3n) is 2.56. The molecule has 1 aromatic heterocycles. The van der Waals surface area contributed by atoms with Crippen LogP contribution in [0.3, 0.4) is 0 Å². The van der Waals surface area contributed by atoms with Gasteiger partial charge < -0.3 is 4.74 Å². The Morgan fingerprint density at radius 1 is 1.37 bits per heavy atom. The van der Waals surface area contributed by atoms with Gasteiger partial charge in [-0.15, -0.1) is 0 Å². The molecule has 0 N–H and O–H groups in total. The van der Waals surface area contributed by atoms with Crippen LogP contribution in [0.25, 0.3) is 10.9 Å². The maximum Gasteiger partial charge on any atom is 0.311 e. The van der Waals surface area contributed by atoms with Gasteiger partial charge in [0.2, 0.25) is 0 Å². The minimum absolute atomic E-state index is 0.0465. The van der Waals surface area contributed by atoms with Crippen molar-refractivity contribution in [3.63, 3.8) is 0 Å². The number of benzene rings is 1. The summed E-state index contributed by atoms with van der Waals surface area (Å²) in [6.07, 6.45) is 1.82. The van der Waals surface area contributed by atoms with Crippen molar-refractivity contribution >= 4 is 16.9 Å². The zero-order valence-electron chi connectivity index (χ0n) is 11.2. The van der Waals surface area contributed by atoms with Gasteiger partial charge in [-0.3, -0.25) is 9.78 Å². The van der Waals surface area contributed by atoms with E-state index in [0.29, 0.717) is 5.52 Å². The quantitative estimate of drug-likeness (QED) is 0.611. The highest BCUT2D eigenvalue weighted by Crippen LogP contribution is 2.25. The molecule has 100 valence electrons. The Kier molecular flexibility index (Phi) is 3.51. The summed E-state index contributed by atoms with van der Waals surface area (Å²) in [6, 6.07) is 6.32. The highest BCUT2D eigenvalue weighted by atomic mass is 19.1. The lowest BCUT2D eigenvalue weighted by Crippen LogP contribution is -2.18. The summed E-state index contributed by atoms with van der Waals surface area (Å²) in [5.74, 6) is -1.06. The van der Waals surface area contributed by atoms with E-state index in [2.05, 4.69) is 4.98 Å². The minimum atomic E-state index is -0.576. The Morgan fingerprint density at radius 2 is 2.11 bits per heavy atom. The van der Waals surface area contributed by atoms with Gasteiger partial charge in [-0.2, -0.15) is 0 Å². The van der Waals surface area contributed by atoms with Crippen LogP contribution in [-0.2, 0) is 4.79 Å². The van der Waals surface area contributed by atoms with Crippen molar-refractivity contribution in [1.29, 1.82) is 0 Å². The second kappa shape index (κ2) is 4.96. The molecule has 0 bridgehead atoms. The number of aromatic nitrogens is 1. The van der Waals surface area contributed by atoms with Crippen molar-refractivity contribution < 1.29 is 13.9 Å². The van der Waals surface area contributed by atoms with E-state index in [1.54, 1.807) is 18.3 Å². The van der Waals surface area contributed by atoms with E-state index >= 15 is 0 Å². The summed E-state index contributed by atoms with van der Waals surface area (Å²) >= 11 is 0. The van der Waals surface area contributed by atoms with E-state index < -0.39 is 11.8 Å². The van der Waals surface area contributed by atoms with Gasteiger partial charge >= 0.3 is 5.97 Å². The molecule has 0 unspecified atom stereocenters. The number of pyridine rings is 1. The molecule has 4 heteroatoms. The summed E-state index contributed by atoms with van der Waals surface area (Å²) in [5, 5.41) is 0.738. The lowest BCUT2D eigenvalue weighted by atomic mass is 9.92. The number of ether oxygens (including phenoxy) is 1. The summed E-state index contributed by atoms with van der Waals surface area (Å²) in [7, 11) is 0. The molecule has 3 nitrogen and oxygen atoms in total. The van der Waals surface area contributed by atoms with Gasteiger partial charge in [-0.25, -0.2) is 4.39 Å². The molecule has 2 rings (SSSR count). The van der Waals surface area contributed by atoms with Gasteiger partial charge in [-0.05, 0) is 17.5 Å². The van der Waals surface area contributed by atoms with E-state index in [-0.39, 0.29) is 17.6 Å². The van der Waals surface area contributed by atoms with E-state index in [1.165, 1.54) is 12.1 Å². The monoisotopic (exact) mass is 261 g/mol. The van der Waals surface area contributed by atoms with Crippen LogP contribution in [0.1, 0.15) is 27.2 Å². The van der Waals surface area contributed by atoms with Crippen molar-refractivity contribution in [2.24, 2.45) is 5.41 Å². The average molecular weight is 261 g/mol. The molecule has 0 spiro atoms. The van der Waals surface area contributed by atoms with Crippen molar-refractivity contribution in [3.05, 3.63) is 36.3 Å². The Morgan fingerprint density at radius 3 is 2.79 bits per heavy atom. The number of nitrogens with zero attached hydrogens (tertiary/aromatic N) is 1. The number of carbonyl (C=O) groups is 1. The molecule has 0 amide bonds. The first-order valence-corrected chi connectivity index (χ1v) is 6.10. The molecular weight excluding hydrogens is 245 g/mol. The second-order valence-electron chi connectivity index (χ2n) is 5.69. The number of rotatable bonds is 2. The Bertz CT molecular complexity index is 617. The van der Waals surface area contributed by atoms with Gasteiger partial charge in [0.15, 0.2) is 11.6 Å². The predicted molar refractivity (Wildman–Crippen MR) is 71.4 cm³/mol. The third-order valence-corrected chi connectivity index (χ3v) is 2.56. The Hall–Kier alpha value is -1.97. The highest BCUT2D eigenvalue weighted by molar-refractivity contribution is 5.81. The molecule has 19 heavy (non-hydrogen) atoms. The van der Waals surface area contributed by atoms with Crippen LogP contribution in [0.2, 0.25) is 0 Å². The van der Waals surface area contributed by atoms with E-state index in [0.717, 1.165) is 5.39 Å². The smallest absolute Gasteiger partial charge is 0.311 e. The lowest BCUT2D eigenvalue weighted by molar-refractivity contribution is -0.136. The van der Waals surface area contributed by atoms with Crippen LogP contribution in [-0.4, -0.2) is 11.0 Å². The molecular formula is C15H16FNO2. The van der Waals surface area contributed by atoms with Gasteiger partial charge in [0.1, 0.15) is 0 Å². The molecule has 0 saturated heterocycles. The Balaban J connectivity index is 2.25. The van der Waals surface area contributed by atoms with E-state index in [1.807, 2.05) is 20.8 Å². The lowest BCUT2D eigenvalue weighted by Gasteiger charge is -2.16. The first-order valence-electron chi connectivity index (χ1n) is 6.10. The fourth-order valence-corrected chi connectivity index (χ4v) is 1.74. The first kappa shape index (κ1) is 13.5. The fourth-order valence-electron chi connectivity index (χ4n) is 1.74. The molecule has 0 radical (unpaired) electrons. The predicted octanol–water partition coefficient (Wildman–Crippen LogP) is 3.72. The number of carbonyl (C=O) groups excluding carboxylic acids is 1. The maximum atomic E-state index is 13.8. The molecule has 0 fully saturated rings. The minimum Gasteiger partial charge on any atom is -0.423 e. The van der Waals surface area contributed by atoms with E-state index in [4.69, 9.17) is 4.74 Å². The third kappa shape index (κ3) is 3.50. The summed E-state index contributed by atoms with van der Waals surface area (Å²) < 4.78 is 18.9. The van der Waals surface area contributed by atoms with Crippen LogP contribution >= 0.6 is 0 Å². The van der Waals surface area contributed by atoms with Crippen molar-refractivity contribution in [2.75, 3.05) is 0 Å². The van der Waals surface area contributed by atoms with Crippen LogP contribution in [0.15, 0.2) is 30.5 Å². The Labute approximate surface area is 111 Å². The number of hydrogen-bond acceptors (Lipinski definition) is 3. The maximum absolute atomic E-state index is 13.8. The van der Waals surface area contributed by atoms with Gasteiger partial charge in [0.25, 0.3) is 0 Å². The summed E-state index contributed by atoms with van der Waals surface area (Å²) in [6.45, 7) is 5.78. The zero-order valence-corrected chi connectivity index (χ0v) is 11.2. The van der Waals surface area contributed by atoms with Gasteiger partial charge in [0.05, 0.1) is 11.9 Å². The van der Waals surface area contributed by atoms with Crippen LogP contribution in [0, 0.1) is 11.2 Å². The molecule has 0 aliphatic heterocycles. The van der Waals surface area contributed by atoms with Crippen LogP contribution in [0.5, 0.6) is 5.75 Å². The largest absolute Gasteiger partial charge is 0.423 e. The summed E-state index contributed by atoms with van der Waals surface area (Å²) in [4.78, 5) is 15.8. The standard InChI is InChI=1S/C15H16FNO2/c1-15(2,3)9-14(18)19-13-7-10-5-4-6-17-12(10)8-11(13)16/h4-8H,9H2,1-3H3. The van der Waals surface area contributed by atoms with Crippen LogP contribution < -0.4 is 4.74 Å². The molecule has 2 aromatic rings. The molecule has 0 aliphatic carbocycles. The fraction of sp³-hybridized carbons (Fsp3) is 0.333. The van der Waals surface area contributed by atoms with Crippen molar-refractivity contribution in [2.45, 2.75) is 27.2 Å². The van der Waals surface area contributed by atoms with Crippen molar-refractivity contribution in [3.8, 4) is 5.75 Å². The topological polar surface area (TPSA) is 39.2 Å². The molecule has 0 aliphatic rings. The van der Waals surface area contributed by atoms with Gasteiger partial charge in [-0.1, -0.05) is 26.8 Å². The SMILES string of the molecule is CC(C)(C)CC(=O)Oc1cc2cccnc2cc1F. The molecule has 0 atom stereocenters. The van der Waals surface area contributed by atoms with Crippen LogP contribution in [0.4, 0.5) is 4.39 Å². The highest BCUT2D eigenvalue weighted by Gasteiger charge is 2.19. The number of fused-ring (bicyclic) bond motifs is 1. The van der Waals surface area contributed by atoms with E-state index in [9.17, 15) is 9.18 Å². The summed E-state index contributed by atoms with van der Waals surface area (Å²) in [5.41, 5.74) is 0.349. The zero-order chi connectivity index (χ0) is 14.0. The number of halogens is 1. The number of esters is 1. The second-order valence-corrected chi connectivity index (χ2v) is 5.69. The van der Waals surface area contributed by atoms with Gasteiger partial charge in [0, 0.05) is 17.6 Å². The molecule has 0 saturated carbocycles. The normalized spacial score (nSPS) is 11.6. The number of hydrogen-bond donors (Lipinski definition) is 0. The molecule has 1 heterocycles. The van der Waals surface area contributed by atoms with Crippen molar-refractivity contribution in [1.82, 2.24) is 4.98 Å².